The summed E-state index contributed by atoms with van der Waals surface area (Å²) in [4.78, 5) is 1.47. The Balaban J connectivity index is 0.000000385. The molecule has 0 heterocycles. The molecule has 0 amide bonds. The second-order valence-corrected chi connectivity index (χ2v) is 5.94. The summed E-state index contributed by atoms with van der Waals surface area (Å²) in [6, 6.07) is 10.7. The monoisotopic (exact) mass is 254 g/mol. The molecule has 1 unspecified atom stereocenters. The largest absolute Gasteiger partial charge is 0.673 e. The van der Waals surface area contributed by atoms with Gasteiger partial charge in [-0.1, -0.05) is 18.2 Å². The molecule has 16 heavy (non-hydrogen) atoms. The number of hydrogen-bond donors (Lipinski definition) is 0. The zero-order valence-corrected chi connectivity index (χ0v) is 10.3. The Bertz CT molecular complexity index is 281. The van der Waals surface area contributed by atoms with Crippen LogP contribution in [0.2, 0.25) is 0 Å². The fraction of sp³-hybridized carbons (Fsp3) is 0.400. The van der Waals surface area contributed by atoms with Crippen LogP contribution in [0.5, 0.6) is 0 Å². The maximum absolute atomic E-state index is 9.75. The highest BCUT2D eigenvalue weighted by molar-refractivity contribution is 7.96. The van der Waals surface area contributed by atoms with Crippen molar-refractivity contribution in [1.29, 1.82) is 0 Å². The van der Waals surface area contributed by atoms with Crippen LogP contribution in [0.25, 0.3) is 0 Å². The summed E-state index contributed by atoms with van der Waals surface area (Å²) in [5.74, 6) is 0. The minimum Gasteiger partial charge on any atom is -0.418 e. The van der Waals surface area contributed by atoms with E-state index in [-0.39, 0.29) is 0 Å². The summed E-state index contributed by atoms with van der Waals surface area (Å²) in [6.07, 6.45) is 2.31. The van der Waals surface area contributed by atoms with Crippen molar-refractivity contribution >= 4 is 18.1 Å². The topological polar surface area (TPSA) is 0 Å². The smallest absolute Gasteiger partial charge is 0.418 e. The molecule has 1 aromatic rings. The maximum atomic E-state index is 9.75. The fourth-order valence-electron chi connectivity index (χ4n) is 0.907. The van der Waals surface area contributed by atoms with E-state index in [9.17, 15) is 17.3 Å². The Morgan fingerprint density at radius 1 is 1.00 bits per heavy atom. The zero-order chi connectivity index (χ0) is 12.8. The first-order valence-corrected chi connectivity index (χ1v) is 6.48. The van der Waals surface area contributed by atoms with Gasteiger partial charge in [-0.3, -0.25) is 0 Å². The van der Waals surface area contributed by atoms with E-state index in [2.05, 4.69) is 50.4 Å². The molecule has 0 aliphatic rings. The number of hydrogen-bond acceptors (Lipinski definition) is 0. The van der Waals surface area contributed by atoms with Gasteiger partial charge in [0.15, 0.2) is 4.90 Å². The third-order valence-electron chi connectivity index (χ3n) is 1.82. The van der Waals surface area contributed by atoms with Gasteiger partial charge in [0.25, 0.3) is 0 Å². The first kappa shape index (κ1) is 15.4. The van der Waals surface area contributed by atoms with Crippen LogP contribution in [-0.4, -0.2) is 18.8 Å². The van der Waals surface area contributed by atoms with Gasteiger partial charge in [-0.15, -0.1) is 0 Å². The van der Waals surface area contributed by atoms with E-state index >= 15 is 0 Å². The molecular formula is C10H15BF4S. The summed E-state index contributed by atoms with van der Waals surface area (Å²) in [5, 5.41) is 0.761. The molecule has 0 aliphatic heterocycles. The molecule has 0 aliphatic carbocycles. The van der Waals surface area contributed by atoms with Gasteiger partial charge in [0, 0.05) is 10.9 Å². The van der Waals surface area contributed by atoms with Crippen LogP contribution in [0, 0.1) is 0 Å². The third kappa shape index (κ3) is 8.65. The highest BCUT2D eigenvalue weighted by atomic mass is 32.2. The molecule has 0 radical (unpaired) electrons. The van der Waals surface area contributed by atoms with Crippen molar-refractivity contribution in [3.8, 4) is 0 Å². The van der Waals surface area contributed by atoms with Crippen molar-refractivity contribution in [2.24, 2.45) is 0 Å². The quantitative estimate of drug-likeness (QED) is 0.425. The summed E-state index contributed by atoms with van der Waals surface area (Å²) in [7, 11) is -5.59. The van der Waals surface area contributed by atoms with Gasteiger partial charge in [0.2, 0.25) is 0 Å². The first-order chi connectivity index (χ1) is 7.22. The van der Waals surface area contributed by atoms with Gasteiger partial charge in [0.05, 0.1) is 0 Å². The van der Waals surface area contributed by atoms with Gasteiger partial charge in [-0.25, -0.2) is 0 Å². The van der Waals surface area contributed by atoms with Crippen molar-refractivity contribution in [2.75, 3.05) is 6.26 Å². The Morgan fingerprint density at radius 2 is 1.38 bits per heavy atom. The predicted molar refractivity (Wildman–Crippen MR) is 63.3 cm³/mol. The molecule has 6 heteroatoms. The van der Waals surface area contributed by atoms with Gasteiger partial charge in [0.1, 0.15) is 11.5 Å². The molecule has 0 N–H and O–H groups in total. The maximum Gasteiger partial charge on any atom is 0.673 e. The second-order valence-electron chi connectivity index (χ2n) is 3.41. The lowest BCUT2D eigenvalue weighted by atomic mass is 10.3. The molecule has 92 valence electrons. The fourth-order valence-corrected chi connectivity index (χ4v) is 2.04. The minimum atomic E-state index is -6.00. The van der Waals surface area contributed by atoms with Crippen LogP contribution in [0.4, 0.5) is 17.3 Å². The first-order valence-electron chi connectivity index (χ1n) is 4.79. The summed E-state index contributed by atoms with van der Waals surface area (Å²) in [6.45, 7) is 4.55. The molecule has 0 nitrogen and oxygen atoms in total. The van der Waals surface area contributed by atoms with Gasteiger partial charge >= 0.3 is 7.25 Å². The average molecular weight is 254 g/mol. The summed E-state index contributed by atoms with van der Waals surface area (Å²) >= 11 is 0. The highest BCUT2D eigenvalue weighted by Gasteiger charge is 2.20. The minimum absolute atomic E-state index is 0.415. The molecule has 0 saturated carbocycles. The average Bonchev–Trinajstić information content (AvgIpc) is 2.15. The lowest BCUT2D eigenvalue weighted by Gasteiger charge is -2.04. The van der Waals surface area contributed by atoms with E-state index in [4.69, 9.17) is 0 Å². The van der Waals surface area contributed by atoms with Crippen molar-refractivity contribution in [3.63, 3.8) is 0 Å². The molecule has 0 spiro atoms. The standard InChI is InChI=1S/C10H15S.BF4/c1-9(2)11(3)10-7-5-4-6-8-10;2-1(3,4)5/h4-9H,1-3H3;/q+1;-1. The summed E-state index contributed by atoms with van der Waals surface area (Å²) in [5.41, 5.74) is 0. The normalized spacial score (nSPS) is 13.0. The Kier molecular flexibility index (Phi) is 6.56. The molecular weight excluding hydrogens is 239 g/mol. The van der Waals surface area contributed by atoms with E-state index in [0.29, 0.717) is 10.9 Å². The van der Waals surface area contributed by atoms with E-state index in [1.807, 2.05) is 0 Å². The van der Waals surface area contributed by atoms with Gasteiger partial charge in [-0.2, -0.15) is 0 Å². The molecule has 1 rings (SSSR count). The van der Waals surface area contributed by atoms with Crippen LogP contribution in [-0.2, 0) is 10.9 Å². The summed E-state index contributed by atoms with van der Waals surface area (Å²) < 4.78 is 39.0. The van der Waals surface area contributed by atoms with Crippen molar-refractivity contribution in [2.45, 2.75) is 24.0 Å². The van der Waals surface area contributed by atoms with Crippen LogP contribution >= 0.6 is 0 Å². The lowest BCUT2D eigenvalue weighted by Crippen LogP contribution is -2.12. The van der Waals surface area contributed by atoms with Crippen LogP contribution < -0.4 is 0 Å². The Labute approximate surface area is 96.5 Å². The Morgan fingerprint density at radius 3 is 1.69 bits per heavy atom. The van der Waals surface area contributed by atoms with E-state index in [1.54, 1.807) is 0 Å². The van der Waals surface area contributed by atoms with Crippen LogP contribution in [0.1, 0.15) is 13.8 Å². The molecule has 1 aromatic carbocycles. The predicted octanol–water partition coefficient (Wildman–Crippen LogP) is 4.00. The number of benzene rings is 1. The molecule has 0 bridgehead atoms. The molecule has 0 aromatic heterocycles. The highest BCUT2D eigenvalue weighted by Crippen LogP contribution is 2.14. The Hall–Kier alpha value is -0.645. The lowest BCUT2D eigenvalue weighted by molar-refractivity contribution is 0.368. The number of halogens is 4. The SMILES string of the molecule is CC(C)[S+](C)c1ccccc1.F[B-](F)(F)F. The number of rotatable bonds is 2. The molecule has 0 fully saturated rings. The van der Waals surface area contributed by atoms with Crippen molar-refractivity contribution in [1.82, 2.24) is 0 Å². The molecule has 1 atom stereocenters. The zero-order valence-electron chi connectivity index (χ0n) is 9.46. The van der Waals surface area contributed by atoms with Crippen molar-refractivity contribution < 1.29 is 17.3 Å². The van der Waals surface area contributed by atoms with Gasteiger partial charge < -0.3 is 17.3 Å². The second kappa shape index (κ2) is 6.83. The van der Waals surface area contributed by atoms with Crippen molar-refractivity contribution in [3.05, 3.63) is 30.3 Å². The van der Waals surface area contributed by atoms with Crippen LogP contribution in [0.3, 0.4) is 0 Å². The van der Waals surface area contributed by atoms with E-state index in [0.717, 1.165) is 5.25 Å². The third-order valence-corrected chi connectivity index (χ3v) is 4.25. The van der Waals surface area contributed by atoms with E-state index < -0.39 is 7.25 Å². The van der Waals surface area contributed by atoms with Crippen LogP contribution in [0.15, 0.2) is 35.2 Å². The van der Waals surface area contributed by atoms with E-state index in [1.165, 1.54) is 4.90 Å². The molecule has 0 saturated heterocycles. The van der Waals surface area contributed by atoms with Gasteiger partial charge in [-0.05, 0) is 26.0 Å².